The number of nitrogens with one attached hydrogen (secondary N) is 1. The summed E-state index contributed by atoms with van der Waals surface area (Å²) in [5, 5.41) is 12.7. The van der Waals surface area contributed by atoms with Crippen LogP contribution in [0.1, 0.15) is 24.5 Å². The zero-order valence-electron chi connectivity index (χ0n) is 14.4. The monoisotopic (exact) mass is 373 g/mol. The molecule has 0 spiro atoms. The number of carbonyl (C=O) groups is 1. The number of benzene rings is 2. The normalized spacial score (nSPS) is 18.6. The minimum atomic E-state index is -1.05. The first kappa shape index (κ1) is 18.1. The van der Waals surface area contributed by atoms with Crippen molar-refractivity contribution in [1.29, 1.82) is 0 Å². The molecule has 1 atom stereocenters. The van der Waals surface area contributed by atoms with Gasteiger partial charge in [-0.3, -0.25) is 0 Å². The lowest BCUT2D eigenvalue weighted by Gasteiger charge is -2.29. The van der Waals surface area contributed by atoms with Gasteiger partial charge in [0.05, 0.1) is 0 Å². The molecule has 0 bridgehead atoms. The van der Waals surface area contributed by atoms with Crippen molar-refractivity contribution < 1.29 is 19.4 Å². The van der Waals surface area contributed by atoms with Gasteiger partial charge in [0.25, 0.3) is 0 Å². The molecular weight excluding hydrogens is 354 g/mol. The lowest BCUT2D eigenvalue weighted by molar-refractivity contribution is -0.133. The van der Waals surface area contributed by atoms with Crippen molar-refractivity contribution in [1.82, 2.24) is 5.32 Å². The van der Waals surface area contributed by atoms with Crippen molar-refractivity contribution in [2.24, 2.45) is 0 Å². The van der Waals surface area contributed by atoms with E-state index in [4.69, 9.17) is 26.2 Å². The van der Waals surface area contributed by atoms with Gasteiger partial charge in [-0.2, -0.15) is 0 Å². The highest BCUT2D eigenvalue weighted by Gasteiger charge is 2.37. The van der Waals surface area contributed by atoms with Crippen LogP contribution in [0.15, 0.2) is 60.5 Å². The van der Waals surface area contributed by atoms with E-state index in [1.165, 1.54) is 6.26 Å². The Morgan fingerprint density at radius 2 is 2.04 bits per heavy atom. The summed E-state index contributed by atoms with van der Waals surface area (Å²) in [6.45, 7) is 2.36. The van der Waals surface area contributed by atoms with Crippen LogP contribution in [-0.2, 0) is 22.6 Å². The Morgan fingerprint density at radius 1 is 1.27 bits per heavy atom. The summed E-state index contributed by atoms with van der Waals surface area (Å²) >= 11 is 6.16. The average Bonchev–Trinajstić information content (AvgIpc) is 3.07. The average molecular weight is 374 g/mol. The molecule has 6 heteroatoms. The Morgan fingerprint density at radius 3 is 2.69 bits per heavy atom. The SMILES string of the molecule is CCC1(Cc2cc(Cl)ccc2OCc2ccccc2)NC(C(=O)O)=CO1. The van der Waals surface area contributed by atoms with Gasteiger partial charge in [0.1, 0.15) is 18.6 Å². The molecule has 1 heterocycles. The zero-order valence-corrected chi connectivity index (χ0v) is 15.1. The van der Waals surface area contributed by atoms with Crippen LogP contribution in [0.25, 0.3) is 0 Å². The molecule has 136 valence electrons. The first-order chi connectivity index (χ1) is 12.5. The van der Waals surface area contributed by atoms with Crippen molar-refractivity contribution in [3.63, 3.8) is 0 Å². The second-order valence-corrected chi connectivity index (χ2v) is 6.57. The fraction of sp³-hybridized carbons (Fsp3) is 0.250. The second-order valence-electron chi connectivity index (χ2n) is 6.13. The largest absolute Gasteiger partial charge is 0.489 e. The maximum atomic E-state index is 11.2. The first-order valence-corrected chi connectivity index (χ1v) is 8.74. The fourth-order valence-corrected chi connectivity index (χ4v) is 3.03. The molecule has 5 nitrogen and oxygen atoms in total. The number of hydrogen-bond donors (Lipinski definition) is 2. The smallest absolute Gasteiger partial charge is 0.355 e. The summed E-state index contributed by atoms with van der Waals surface area (Å²) in [5.74, 6) is -0.354. The Bertz CT molecular complexity index is 822. The van der Waals surface area contributed by atoms with Crippen LogP contribution in [0.3, 0.4) is 0 Å². The number of rotatable bonds is 7. The summed E-state index contributed by atoms with van der Waals surface area (Å²) in [7, 11) is 0. The van der Waals surface area contributed by atoms with E-state index in [2.05, 4.69) is 5.32 Å². The van der Waals surface area contributed by atoms with Gasteiger partial charge in [-0.25, -0.2) is 4.79 Å². The van der Waals surface area contributed by atoms with Crippen LogP contribution in [0, 0.1) is 0 Å². The summed E-state index contributed by atoms with van der Waals surface area (Å²) in [6, 6.07) is 15.3. The van der Waals surface area contributed by atoms with E-state index >= 15 is 0 Å². The molecule has 0 aliphatic carbocycles. The third-order valence-electron chi connectivity index (χ3n) is 4.30. The van der Waals surface area contributed by atoms with Gasteiger partial charge in [0.2, 0.25) is 0 Å². The number of carboxylic acid groups (broad SMARTS) is 1. The van der Waals surface area contributed by atoms with Crippen molar-refractivity contribution in [2.75, 3.05) is 0 Å². The maximum absolute atomic E-state index is 11.2. The Hall–Kier alpha value is -2.66. The summed E-state index contributed by atoms with van der Waals surface area (Å²) in [6.07, 6.45) is 2.24. The number of aliphatic carboxylic acids is 1. The highest BCUT2D eigenvalue weighted by Crippen LogP contribution is 2.32. The highest BCUT2D eigenvalue weighted by atomic mass is 35.5. The second kappa shape index (κ2) is 7.70. The van der Waals surface area contributed by atoms with Crippen molar-refractivity contribution >= 4 is 17.6 Å². The molecule has 0 amide bonds. The molecule has 1 unspecified atom stereocenters. The number of halogens is 1. The van der Waals surface area contributed by atoms with Crippen LogP contribution >= 0.6 is 11.6 Å². The van der Waals surface area contributed by atoms with Gasteiger partial charge in [-0.05, 0) is 23.8 Å². The van der Waals surface area contributed by atoms with E-state index < -0.39 is 11.7 Å². The van der Waals surface area contributed by atoms with Crippen molar-refractivity contribution in [3.8, 4) is 5.75 Å². The molecule has 0 saturated heterocycles. The highest BCUT2D eigenvalue weighted by molar-refractivity contribution is 6.30. The lowest BCUT2D eigenvalue weighted by atomic mass is 9.99. The quantitative estimate of drug-likeness (QED) is 0.764. The van der Waals surface area contributed by atoms with Crippen molar-refractivity contribution in [3.05, 3.63) is 76.6 Å². The van der Waals surface area contributed by atoms with Gasteiger partial charge >= 0.3 is 5.97 Å². The van der Waals surface area contributed by atoms with Crippen LogP contribution in [0.4, 0.5) is 0 Å². The summed E-state index contributed by atoms with van der Waals surface area (Å²) in [4.78, 5) is 11.2. The topological polar surface area (TPSA) is 67.8 Å². The van der Waals surface area contributed by atoms with E-state index in [0.717, 1.165) is 11.1 Å². The molecule has 2 N–H and O–H groups in total. The molecule has 1 aliphatic rings. The summed E-state index contributed by atoms with van der Waals surface area (Å²) < 4.78 is 11.6. The van der Waals surface area contributed by atoms with Crippen LogP contribution in [-0.4, -0.2) is 16.8 Å². The maximum Gasteiger partial charge on any atom is 0.355 e. The fourth-order valence-electron chi connectivity index (χ4n) is 2.83. The minimum absolute atomic E-state index is 0.0423. The molecule has 1 aliphatic heterocycles. The predicted molar refractivity (Wildman–Crippen MR) is 98.9 cm³/mol. The van der Waals surface area contributed by atoms with Crippen LogP contribution in [0.5, 0.6) is 5.75 Å². The van der Waals surface area contributed by atoms with Gasteiger partial charge in [0.15, 0.2) is 11.4 Å². The zero-order chi connectivity index (χ0) is 18.6. The molecular formula is C20H20ClNO4. The minimum Gasteiger partial charge on any atom is -0.489 e. The Labute approximate surface area is 157 Å². The molecule has 2 aromatic rings. The first-order valence-electron chi connectivity index (χ1n) is 8.36. The van der Waals surface area contributed by atoms with E-state index in [9.17, 15) is 4.79 Å². The van der Waals surface area contributed by atoms with E-state index in [0.29, 0.717) is 30.2 Å². The van der Waals surface area contributed by atoms with Crippen LogP contribution < -0.4 is 10.1 Å². The molecule has 0 aromatic heterocycles. The summed E-state index contributed by atoms with van der Waals surface area (Å²) in [5.41, 5.74) is 1.12. The number of ether oxygens (including phenoxy) is 2. The number of hydrogen-bond acceptors (Lipinski definition) is 4. The standard InChI is InChI=1S/C20H20ClNO4/c1-2-20(22-17(13-26-20)19(23)24)11-15-10-16(21)8-9-18(15)25-12-14-6-4-3-5-7-14/h3-10,13,22H,2,11-12H2,1H3,(H,23,24). The van der Waals surface area contributed by atoms with Gasteiger partial charge in [-0.1, -0.05) is 48.9 Å². The Balaban J connectivity index is 1.78. The predicted octanol–water partition coefficient (Wildman–Crippen LogP) is 4.11. The van der Waals surface area contributed by atoms with Crippen molar-refractivity contribution in [2.45, 2.75) is 32.1 Å². The van der Waals surface area contributed by atoms with E-state index in [-0.39, 0.29) is 5.70 Å². The molecule has 3 rings (SSSR count). The molecule has 0 fully saturated rings. The molecule has 2 aromatic carbocycles. The molecule has 26 heavy (non-hydrogen) atoms. The third-order valence-corrected chi connectivity index (χ3v) is 4.54. The number of carboxylic acids is 1. The van der Waals surface area contributed by atoms with Gasteiger partial charge in [-0.15, -0.1) is 0 Å². The Kier molecular flexibility index (Phi) is 5.38. The lowest BCUT2D eigenvalue weighted by Crippen LogP contribution is -2.44. The molecule has 0 radical (unpaired) electrons. The van der Waals surface area contributed by atoms with Crippen LogP contribution in [0.2, 0.25) is 5.02 Å². The van der Waals surface area contributed by atoms with Gasteiger partial charge < -0.3 is 19.9 Å². The van der Waals surface area contributed by atoms with E-state index in [1.807, 2.05) is 49.4 Å². The third kappa shape index (κ3) is 4.11. The van der Waals surface area contributed by atoms with Gasteiger partial charge in [0, 0.05) is 23.4 Å². The molecule has 0 saturated carbocycles. The van der Waals surface area contributed by atoms with E-state index in [1.54, 1.807) is 6.07 Å².